The summed E-state index contributed by atoms with van der Waals surface area (Å²) in [6.07, 6.45) is 4.59. The van der Waals surface area contributed by atoms with Gasteiger partial charge in [0, 0.05) is 31.9 Å². The summed E-state index contributed by atoms with van der Waals surface area (Å²) >= 11 is 0. The number of unbranched alkanes of at least 4 members (excludes halogenated alkanes) is 1. The number of methoxy groups -OCH3 is 1. The average molecular weight is 541 g/mol. The van der Waals surface area contributed by atoms with E-state index in [1.165, 1.54) is 11.6 Å². The summed E-state index contributed by atoms with van der Waals surface area (Å²) < 4.78 is 27.8. The average Bonchev–Trinajstić information content (AvgIpc) is 3.75. The van der Waals surface area contributed by atoms with E-state index in [1.54, 1.807) is 24.1 Å². The Morgan fingerprint density at radius 1 is 1.23 bits per heavy atom. The van der Waals surface area contributed by atoms with Crippen LogP contribution in [0.3, 0.4) is 0 Å². The van der Waals surface area contributed by atoms with E-state index in [0.717, 1.165) is 19.3 Å². The Bertz CT molecular complexity index is 1150. The second-order valence-electron chi connectivity index (χ2n) is 11.6. The highest BCUT2D eigenvalue weighted by Gasteiger charge is 2.61. The molecule has 4 N–H and O–H groups in total. The number of benzene rings is 2. The molecule has 1 heterocycles. The first-order valence-corrected chi connectivity index (χ1v) is 14.2. The van der Waals surface area contributed by atoms with Gasteiger partial charge >= 0.3 is 0 Å². The van der Waals surface area contributed by atoms with E-state index >= 15 is 4.39 Å². The molecule has 0 unspecified atom stereocenters. The van der Waals surface area contributed by atoms with Crippen molar-refractivity contribution in [1.82, 2.24) is 4.90 Å². The molecule has 2 aliphatic carbocycles. The zero-order valence-electron chi connectivity index (χ0n) is 22.7. The summed E-state index contributed by atoms with van der Waals surface area (Å²) in [5.41, 5.74) is 5.98. The van der Waals surface area contributed by atoms with Crippen LogP contribution in [0.15, 0.2) is 42.5 Å². The molecule has 2 aromatic rings. The lowest BCUT2D eigenvalue weighted by molar-refractivity contribution is -0.246. The van der Waals surface area contributed by atoms with E-state index in [0.29, 0.717) is 61.4 Å². The number of ether oxygens (including phenoxy) is 2. The molecule has 1 saturated heterocycles. The number of nitrogens with zero attached hydrogens (tertiary/aromatic N) is 1. The van der Waals surface area contributed by atoms with Crippen LogP contribution >= 0.6 is 0 Å². The minimum Gasteiger partial charge on any atom is -0.392 e. The standard InChI is InChI=1S/C31H41FN2O5/c1-38-14-3-2-12-30(37,31(19-34(20-35)13-15-39-31)24-17-27(33)28(36)18-24)25-8-5-9-26(32)29(25)23-7-4-6-22(16-23)21-10-11-21/h4-9,16,20-21,24,27-28,36-37H,2-3,10-15,17-19,33H2,1H3/t24-,27+,28-,30+,31-/m0/s1. The van der Waals surface area contributed by atoms with Crippen LogP contribution in [0.4, 0.5) is 4.39 Å². The van der Waals surface area contributed by atoms with E-state index in [9.17, 15) is 15.0 Å². The van der Waals surface area contributed by atoms with Crippen molar-refractivity contribution in [3.8, 4) is 11.1 Å². The van der Waals surface area contributed by atoms with Gasteiger partial charge in [-0.05, 0) is 79.5 Å². The first kappa shape index (κ1) is 28.2. The summed E-state index contributed by atoms with van der Waals surface area (Å²) in [4.78, 5) is 13.7. The number of rotatable bonds is 11. The van der Waals surface area contributed by atoms with Gasteiger partial charge in [0.05, 0.1) is 19.3 Å². The lowest BCUT2D eigenvalue weighted by Gasteiger charge is -2.55. The number of morpholine rings is 1. The topological polar surface area (TPSA) is 105 Å². The van der Waals surface area contributed by atoms with Crippen molar-refractivity contribution in [2.45, 2.75) is 74.2 Å². The normalized spacial score (nSPS) is 28.8. The molecule has 2 aromatic carbocycles. The van der Waals surface area contributed by atoms with Crippen molar-refractivity contribution in [3.05, 3.63) is 59.4 Å². The Morgan fingerprint density at radius 2 is 2.03 bits per heavy atom. The monoisotopic (exact) mass is 540 g/mol. The van der Waals surface area contributed by atoms with Crippen LogP contribution in [0.5, 0.6) is 0 Å². The van der Waals surface area contributed by atoms with Crippen LogP contribution in [0.1, 0.15) is 62.0 Å². The van der Waals surface area contributed by atoms with Crippen molar-refractivity contribution < 1.29 is 28.9 Å². The molecule has 0 spiro atoms. The first-order valence-electron chi connectivity index (χ1n) is 14.2. The molecule has 7 nitrogen and oxygen atoms in total. The Hall–Kier alpha value is -2.36. The molecule has 0 radical (unpaired) electrons. The Kier molecular flexibility index (Phi) is 8.40. The fourth-order valence-corrected chi connectivity index (χ4v) is 6.85. The lowest BCUT2D eigenvalue weighted by Crippen LogP contribution is -2.66. The molecule has 1 amide bonds. The number of carbonyl (C=O) groups is 1. The fraction of sp³-hybridized carbons (Fsp3) is 0.581. The van der Waals surface area contributed by atoms with E-state index in [-0.39, 0.29) is 25.5 Å². The number of amides is 1. The summed E-state index contributed by atoms with van der Waals surface area (Å²) in [6, 6.07) is 12.3. The molecular formula is C31H41FN2O5. The van der Waals surface area contributed by atoms with Gasteiger partial charge in [-0.1, -0.05) is 36.4 Å². The number of aliphatic hydroxyl groups excluding tert-OH is 1. The van der Waals surface area contributed by atoms with E-state index in [1.807, 2.05) is 18.2 Å². The second-order valence-corrected chi connectivity index (χ2v) is 11.6. The number of hydrogen-bond donors (Lipinski definition) is 3. The highest BCUT2D eigenvalue weighted by Crippen LogP contribution is 2.53. The Morgan fingerprint density at radius 3 is 2.72 bits per heavy atom. The maximum atomic E-state index is 15.9. The number of nitrogens with two attached hydrogens (primary N) is 1. The fourth-order valence-electron chi connectivity index (χ4n) is 6.85. The van der Waals surface area contributed by atoms with E-state index < -0.39 is 29.2 Å². The molecule has 0 aromatic heterocycles. The van der Waals surface area contributed by atoms with Crippen LogP contribution in [-0.2, 0) is 19.9 Å². The molecule has 3 fully saturated rings. The zero-order chi connectivity index (χ0) is 27.6. The number of aliphatic hydroxyl groups is 2. The Labute approximate surface area is 230 Å². The smallest absolute Gasteiger partial charge is 0.209 e. The number of halogens is 1. The molecule has 0 bridgehead atoms. The van der Waals surface area contributed by atoms with Crippen molar-refractivity contribution in [3.63, 3.8) is 0 Å². The minimum atomic E-state index is -1.68. The van der Waals surface area contributed by atoms with Gasteiger partial charge in [0.2, 0.25) is 6.41 Å². The van der Waals surface area contributed by atoms with Crippen molar-refractivity contribution in [1.29, 1.82) is 0 Å². The van der Waals surface area contributed by atoms with Crippen LogP contribution in [-0.4, -0.2) is 72.7 Å². The van der Waals surface area contributed by atoms with Gasteiger partial charge in [-0.25, -0.2) is 4.39 Å². The highest BCUT2D eigenvalue weighted by atomic mass is 19.1. The zero-order valence-corrected chi connectivity index (χ0v) is 22.7. The predicted molar refractivity (Wildman–Crippen MR) is 146 cm³/mol. The maximum absolute atomic E-state index is 15.9. The van der Waals surface area contributed by atoms with Crippen molar-refractivity contribution in [2.75, 3.05) is 33.4 Å². The van der Waals surface area contributed by atoms with E-state index in [4.69, 9.17) is 15.2 Å². The summed E-state index contributed by atoms with van der Waals surface area (Å²) in [6.45, 7) is 1.27. The van der Waals surface area contributed by atoms with Gasteiger partial charge < -0.3 is 30.3 Å². The SMILES string of the molecule is COCCCC[C@@](O)(c1cccc(F)c1-c1cccc(C2CC2)c1)[C@@]1([C@H]2C[C@@H](N)[C@@H](O)C2)CN(C=O)CCO1. The third-order valence-corrected chi connectivity index (χ3v) is 9.08. The molecule has 39 heavy (non-hydrogen) atoms. The summed E-state index contributed by atoms with van der Waals surface area (Å²) in [7, 11) is 1.64. The predicted octanol–water partition coefficient (Wildman–Crippen LogP) is 3.70. The molecular weight excluding hydrogens is 499 g/mol. The van der Waals surface area contributed by atoms with Crippen LogP contribution in [0.25, 0.3) is 11.1 Å². The highest BCUT2D eigenvalue weighted by molar-refractivity contribution is 5.71. The van der Waals surface area contributed by atoms with Gasteiger partial charge in [0.15, 0.2) is 0 Å². The molecule has 3 aliphatic rings. The maximum Gasteiger partial charge on any atom is 0.209 e. The molecule has 5 atom stereocenters. The van der Waals surface area contributed by atoms with Gasteiger partial charge in [0.1, 0.15) is 17.0 Å². The van der Waals surface area contributed by atoms with E-state index in [2.05, 4.69) is 6.07 Å². The molecule has 8 heteroatoms. The molecule has 2 saturated carbocycles. The summed E-state index contributed by atoms with van der Waals surface area (Å²) in [5.74, 6) is -0.271. The summed E-state index contributed by atoms with van der Waals surface area (Å²) in [5, 5.41) is 23.7. The van der Waals surface area contributed by atoms with Gasteiger partial charge in [-0.2, -0.15) is 0 Å². The van der Waals surface area contributed by atoms with Gasteiger partial charge in [0.25, 0.3) is 0 Å². The largest absolute Gasteiger partial charge is 0.392 e. The lowest BCUT2D eigenvalue weighted by atomic mass is 9.65. The minimum absolute atomic E-state index is 0.124. The Balaban J connectivity index is 1.68. The molecule has 5 rings (SSSR count). The number of hydrogen-bond acceptors (Lipinski definition) is 6. The third-order valence-electron chi connectivity index (χ3n) is 9.08. The number of carbonyl (C=O) groups excluding carboxylic acids is 1. The van der Waals surface area contributed by atoms with Crippen molar-refractivity contribution >= 4 is 6.41 Å². The molecule has 212 valence electrons. The quantitative estimate of drug-likeness (QED) is 0.297. The van der Waals surface area contributed by atoms with Crippen LogP contribution in [0.2, 0.25) is 0 Å². The first-order chi connectivity index (χ1) is 18.8. The molecule has 1 aliphatic heterocycles. The van der Waals surface area contributed by atoms with Gasteiger partial charge in [-0.3, -0.25) is 4.79 Å². The van der Waals surface area contributed by atoms with Crippen LogP contribution < -0.4 is 5.73 Å². The second kappa shape index (κ2) is 11.6. The van der Waals surface area contributed by atoms with Crippen molar-refractivity contribution in [2.24, 2.45) is 11.7 Å². The van der Waals surface area contributed by atoms with Crippen LogP contribution in [0, 0.1) is 11.7 Å². The van der Waals surface area contributed by atoms with Gasteiger partial charge in [-0.15, -0.1) is 0 Å². The third kappa shape index (κ3) is 5.37.